The molecular weight excluding hydrogens is 390 g/mol. The van der Waals surface area contributed by atoms with Crippen LogP contribution in [0.1, 0.15) is 31.7 Å². The zero-order valence-corrected chi connectivity index (χ0v) is 17.5. The fourth-order valence-corrected chi connectivity index (χ4v) is 3.39. The van der Waals surface area contributed by atoms with E-state index < -0.39 is 0 Å². The lowest BCUT2D eigenvalue weighted by Crippen LogP contribution is -2.36. The SMILES string of the molecule is CCC1CN(CCC(=O)NCCCOc2cccnc2)Cc2ccc(Cl)cc2O1. The first-order valence-electron chi connectivity index (χ1n) is 10.1. The summed E-state index contributed by atoms with van der Waals surface area (Å²) in [6.45, 7) is 5.51. The van der Waals surface area contributed by atoms with E-state index >= 15 is 0 Å². The third kappa shape index (κ3) is 6.91. The summed E-state index contributed by atoms with van der Waals surface area (Å²) in [7, 11) is 0. The second-order valence-electron chi connectivity index (χ2n) is 7.13. The molecule has 1 aliphatic heterocycles. The average Bonchev–Trinajstić information content (AvgIpc) is 2.91. The van der Waals surface area contributed by atoms with E-state index in [1.54, 1.807) is 12.4 Å². The maximum atomic E-state index is 12.2. The lowest BCUT2D eigenvalue weighted by molar-refractivity contribution is -0.121. The molecule has 0 radical (unpaired) electrons. The van der Waals surface area contributed by atoms with Gasteiger partial charge in [-0.3, -0.25) is 14.7 Å². The van der Waals surface area contributed by atoms with Crippen LogP contribution in [0.5, 0.6) is 11.5 Å². The molecule has 0 aliphatic carbocycles. The Labute approximate surface area is 177 Å². The standard InChI is InChI=1S/C22H28ClN3O3/c1-2-19-16-26(15-17-6-7-18(23)13-21(17)29-19)11-8-22(27)25-10-4-12-28-20-5-3-9-24-14-20/h3,5-7,9,13-14,19H,2,4,8,10-12,15-16H2,1H3,(H,25,27). The Hall–Kier alpha value is -2.31. The molecule has 0 spiro atoms. The maximum absolute atomic E-state index is 12.2. The van der Waals surface area contributed by atoms with Gasteiger partial charge in [0.1, 0.15) is 17.6 Å². The summed E-state index contributed by atoms with van der Waals surface area (Å²) < 4.78 is 11.7. The molecular formula is C22H28ClN3O3. The molecule has 1 N–H and O–H groups in total. The minimum absolute atomic E-state index is 0.0564. The van der Waals surface area contributed by atoms with E-state index in [0.717, 1.165) is 43.0 Å². The molecule has 156 valence electrons. The van der Waals surface area contributed by atoms with Crippen molar-refractivity contribution in [3.63, 3.8) is 0 Å². The molecule has 2 heterocycles. The van der Waals surface area contributed by atoms with Crippen LogP contribution in [0.4, 0.5) is 0 Å². The number of ether oxygens (including phenoxy) is 2. The van der Waals surface area contributed by atoms with Gasteiger partial charge in [0.05, 0.1) is 12.8 Å². The van der Waals surface area contributed by atoms with Crippen molar-refractivity contribution in [2.75, 3.05) is 26.2 Å². The second kappa shape index (κ2) is 11.0. The predicted molar refractivity (Wildman–Crippen MR) is 113 cm³/mol. The van der Waals surface area contributed by atoms with Gasteiger partial charge in [0, 0.05) is 49.4 Å². The minimum Gasteiger partial charge on any atom is -0.492 e. The molecule has 1 aliphatic rings. The van der Waals surface area contributed by atoms with Crippen LogP contribution in [0.2, 0.25) is 5.02 Å². The number of pyridine rings is 1. The Kier molecular flexibility index (Phi) is 8.14. The number of amides is 1. The summed E-state index contributed by atoms with van der Waals surface area (Å²) in [6.07, 6.45) is 5.61. The number of carbonyl (C=O) groups excluding carboxylic acids is 1. The van der Waals surface area contributed by atoms with Gasteiger partial charge < -0.3 is 14.8 Å². The normalized spacial score (nSPS) is 16.4. The minimum atomic E-state index is 0.0564. The lowest BCUT2D eigenvalue weighted by atomic mass is 10.2. The van der Waals surface area contributed by atoms with Crippen LogP contribution < -0.4 is 14.8 Å². The summed E-state index contributed by atoms with van der Waals surface area (Å²) in [5, 5.41) is 3.65. The maximum Gasteiger partial charge on any atom is 0.221 e. The van der Waals surface area contributed by atoms with Gasteiger partial charge in [-0.05, 0) is 37.1 Å². The van der Waals surface area contributed by atoms with Crippen LogP contribution in [0, 0.1) is 0 Å². The fourth-order valence-electron chi connectivity index (χ4n) is 3.23. The van der Waals surface area contributed by atoms with E-state index in [0.29, 0.717) is 31.1 Å². The van der Waals surface area contributed by atoms with Gasteiger partial charge in [0.15, 0.2) is 0 Å². The average molecular weight is 418 g/mol. The van der Waals surface area contributed by atoms with Crippen molar-refractivity contribution in [2.24, 2.45) is 0 Å². The third-order valence-corrected chi connectivity index (χ3v) is 5.07. The van der Waals surface area contributed by atoms with Gasteiger partial charge >= 0.3 is 0 Å². The van der Waals surface area contributed by atoms with E-state index in [9.17, 15) is 4.79 Å². The molecule has 1 amide bonds. The molecule has 7 heteroatoms. The molecule has 0 bridgehead atoms. The summed E-state index contributed by atoms with van der Waals surface area (Å²) >= 11 is 6.11. The van der Waals surface area contributed by atoms with E-state index in [1.165, 1.54) is 0 Å². The number of nitrogens with one attached hydrogen (secondary N) is 1. The highest BCUT2D eigenvalue weighted by Gasteiger charge is 2.22. The van der Waals surface area contributed by atoms with E-state index in [-0.39, 0.29) is 12.0 Å². The topological polar surface area (TPSA) is 63.7 Å². The number of carbonyl (C=O) groups is 1. The molecule has 6 nitrogen and oxygen atoms in total. The van der Waals surface area contributed by atoms with Gasteiger partial charge in [0.25, 0.3) is 0 Å². The van der Waals surface area contributed by atoms with Gasteiger partial charge in [-0.2, -0.15) is 0 Å². The van der Waals surface area contributed by atoms with Crippen molar-refractivity contribution in [1.29, 1.82) is 0 Å². The Bertz CT molecular complexity index is 788. The molecule has 1 aromatic heterocycles. The zero-order chi connectivity index (χ0) is 20.5. The predicted octanol–water partition coefficient (Wildman–Crippen LogP) is 3.68. The van der Waals surface area contributed by atoms with Gasteiger partial charge in [0.2, 0.25) is 5.91 Å². The van der Waals surface area contributed by atoms with Crippen molar-refractivity contribution in [2.45, 2.75) is 38.8 Å². The van der Waals surface area contributed by atoms with Crippen LogP contribution in [-0.4, -0.2) is 48.1 Å². The quantitative estimate of drug-likeness (QED) is 0.630. The smallest absolute Gasteiger partial charge is 0.221 e. The van der Waals surface area contributed by atoms with Crippen LogP contribution in [0.15, 0.2) is 42.7 Å². The van der Waals surface area contributed by atoms with Crippen molar-refractivity contribution in [1.82, 2.24) is 15.2 Å². The fraction of sp³-hybridized carbons (Fsp3) is 0.455. The highest BCUT2D eigenvalue weighted by atomic mass is 35.5. The summed E-state index contributed by atoms with van der Waals surface area (Å²) in [4.78, 5) is 18.5. The molecule has 0 fully saturated rings. The summed E-state index contributed by atoms with van der Waals surface area (Å²) in [5.41, 5.74) is 1.11. The van der Waals surface area contributed by atoms with E-state index in [1.807, 2.05) is 30.3 Å². The number of aromatic nitrogens is 1. The molecule has 0 saturated heterocycles. The molecule has 1 atom stereocenters. The molecule has 29 heavy (non-hydrogen) atoms. The number of hydrogen-bond donors (Lipinski definition) is 1. The largest absolute Gasteiger partial charge is 0.492 e. The van der Waals surface area contributed by atoms with Crippen LogP contribution in [0.25, 0.3) is 0 Å². The summed E-state index contributed by atoms with van der Waals surface area (Å²) in [6, 6.07) is 9.47. The van der Waals surface area contributed by atoms with Crippen LogP contribution >= 0.6 is 11.6 Å². The number of rotatable bonds is 9. The third-order valence-electron chi connectivity index (χ3n) is 4.84. The molecule has 3 rings (SSSR count). The monoisotopic (exact) mass is 417 g/mol. The highest BCUT2D eigenvalue weighted by Crippen LogP contribution is 2.29. The van der Waals surface area contributed by atoms with Crippen molar-refractivity contribution in [3.8, 4) is 11.5 Å². The summed E-state index contributed by atoms with van der Waals surface area (Å²) in [5.74, 6) is 1.65. The number of hydrogen-bond acceptors (Lipinski definition) is 5. The van der Waals surface area contributed by atoms with Crippen molar-refractivity contribution >= 4 is 17.5 Å². The van der Waals surface area contributed by atoms with E-state index in [4.69, 9.17) is 21.1 Å². The number of benzene rings is 1. The second-order valence-corrected chi connectivity index (χ2v) is 7.56. The molecule has 1 aromatic carbocycles. The Balaban J connectivity index is 1.39. The first-order chi connectivity index (χ1) is 14.1. The van der Waals surface area contributed by atoms with Crippen LogP contribution in [0.3, 0.4) is 0 Å². The van der Waals surface area contributed by atoms with Crippen LogP contribution in [-0.2, 0) is 11.3 Å². The van der Waals surface area contributed by atoms with Crippen molar-refractivity contribution < 1.29 is 14.3 Å². The van der Waals surface area contributed by atoms with Crippen molar-refractivity contribution in [3.05, 3.63) is 53.3 Å². The highest BCUT2D eigenvalue weighted by molar-refractivity contribution is 6.30. The molecule has 1 unspecified atom stereocenters. The Morgan fingerprint density at radius 2 is 2.31 bits per heavy atom. The first kappa shape index (κ1) is 21.4. The zero-order valence-electron chi connectivity index (χ0n) is 16.8. The number of halogens is 1. The first-order valence-corrected chi connectivity index (χ1v) is 10.5. The van der Waals surface area contributed by atoms with Gasteiger partial charge in [-0.25, -0.2) is 0 Å². The molecule has 0 saturated carbocycles. The van der Waals surface area contributed by atoms with Gasteiger partial charge in [-0.15, -0.1) is 0 Å². The Morgan fingerprint density at radius 1 is 1.41 bits per heavy atom. The number of nitrogens with zero attached hydrogens (tertiary/aromatic N) is 2. The lowest BCUT2D eigenvalue weighted by Gasteiger charge is -2.22. The Morgan fingerprint density at radius 3 is 3.10 bits per heavy atom. The molecule has 2 aromatic rings. The van der Waals surface area contributed by atoms with E-state index in [2.05, 4.69) is 22.1 Å². The van der Waals surface area contributed by atoms with Gasteiger partial charge in [-0.1, -0.05) is 24.6 Å². The number of fused-ring (bicyclic) bond motifs is 1.